The minimum absolute atomic E-state index is 0.506. The Morgan fingerprint density at radius 1 is 1.00 bits per heavy atom. The lowest BCUT2D eigenvalue weighted by molar-refractivity contribution is 0.239. The van der Waals surface area contributed by atoms with Crippen LogP contribution in [0.15, 0.2) is 36.4 Å². The van der Waals surface area contributed by atoms with Gasteiger partial charge in [-0.25, -0.2) is 4.68 Å². The average Bonchev–Trinajstić information content (AvgIpc) is 3.08. The van der Waals surface area contributed by atoms with Gasteiger partial charge in [0, 0.05) is 17.7 Å². The molecule has 1 N–H and O–H groups in total. The normalized spacial score (nSPS) is 11.0. The molecule has 0 aliphatic rings. The topological polar surface area (TPSA) is 64.5 Å². The van der Waals surface area contributed by atoms with Crippen molar-refractivity contribution in [2.24, 2.45) is 0 Å². The number of ether oxygens (including phenoxy) is 3. The molecular formula is C21H26N4O3S. The maximum absolute atomic E-state index is 5.58. The second-order valence-electron chi connectivity index (χ2n) is 6.80. The van der Waals surface area contributed by atoms with Crippen LogP contribution in [0.5, 0.6) is 17.2 Å². The molecule has 0 fully saturated rings. The number of benzene rings is 2. The fourth-order valence-corrected chi connectivity index (χ4v) is 3.36. The molecule has 0 spiro atoms. The second-order valence-corrected chi connectivity index (χ2v) is 7.16. The van der Waals surface area contributed by atoms with Crippen molar-refractivity contribution in [2.75, 3.05) is 28.4 Å². The van der Waals surface area contributed by atoms with E-state index < -0.39 is 0 Å². The monoisotopic (exact) mass is 414 g/mol. The first kappa shape index (κ1) is 20.9. The first-order valence-corrected chi connectivity index (χ1v) is 9.58. The zero-order chi connectivity index (χ0) is 21.0. The number of H-pyrrole nitrogens is 1. The maximum atomic E-state index is 5.58. The molecule has 0 bridgehead atoms. The van der Waals surface area contributed by atoms with E-state index in [2.05, 4.69) is 34.0 Å². The van der Waals surface area contributed by atoms with E-state index in [1.165, 1.54) is 5.56 Å². The van der Waals surface area contributed by atoms with Crippen molar-refractivity contribution < 1.29 is 14.2 Å². The highest BCUT2D eigenvalue weighted by Gasteiger charge is 2.17. The number of rotatable bonds is 8. The van der Waals surface area contributed by atoms with Gasteiger partial charge < -0.3 is 14.2 Å². The molecule has 154 valence electrons. The summed E-state index contributed by atoms with van der Waals surface area (Å²) in [6.45, 7) is 3.24. The molecule has 0 amide bonds. The molecule has 2 aromatic carbocycles. The minimum Gasteiger partial charge on any atom is -0.493 e. The third-order valence-electron chi connectivity index (χ3n) is 4.61. The van der Waals surface area contributed by atoms with Crippen LogP contribution in [-0.2, 0) is 13.2 Å². The predicted octanol–water partition coefficient (Wildman–Crippen LogP) is 4.03. The molecule has 0 aliphatic carbocycles. The first-order chi connectivity index (χ1) is 14.0. The summed E-state index contributed by atoms with van der Waals surface area (Å²) >= 11 is 5.44. The highest BCUT2D eigenvalue weighted by molar-refractivity contribution is 7.71. The average molecular weight is 415 g/mol. The summed E-state index contributed by atoms with van der Waals surface area (Å²) in [7, 11) is 6.84. The van der Waals surface area contributed by atoms with Gasteiger partial charge in [0.25, 0.3) is 0 Å². The fourth-order valence-electron chi connectivity index (χ4n) is 3.16. The summed E-state index contributed by atoms with van der Waals surface area (Å²) < 4.78 is 18.8. The Morgan fingerprint density at radius 3 is 2.31 bits per heavy atom. The van der Waals surface area contributed by atoms with E-state index in [-0.39, 0.29) is 0 Å². The van der Waals surface area contributed by atoms with Crippen LogP contribution in [-0.4, -0.2) is 48.0 Å². The Hall–Kier alpha value is -2.84. The Balaban J connectivity index is 1.79. The SMILES string of the molecule is COc1ccc(CN(C)Cn2[nH]c(-c3ccc(C)cc3)nc2=S)c(OC)c1OC. The van der Waals surface area contributed by atoms with Gasteiger partial charge in [0.2, 0.25) is 10.5 Å². The van der Waals surface area contributed by atoms with Crippen molar-refractivity contribution >= 4 is 12.2 Å². The Kier molecular flexibility index (Phi) is 6.56. The van der Waals surface area contributed by atoms with Gasteiger partial charge in [-0.3, -0.25) is 10.00 Å². The van der Waals surface area contributed by atoms with Crippen LogP contribution >= 0.6 is 12.2 Å². The number of hydrogen-bond donors (Lipinski definition) is 1. The largest absolute Gasteiger partial charge is 0.493 e. The van der Waals surface area contributed by atoms with E-state index in [0.717, 1.165) is 17.0 Å². The number of methoxy groups -OCH3 is 3. The molecule has 0 unspecified atom stereocenters. The Morgan fingerprint density at radius 2 is 1.69 bits per heavy atom. The van der Waals surface area contributed by atoms with Gasteiger partial charge in [-0.05, 0) is 32.3 Å². The third kappa shape index (κ3) is 4.60. The highest BCUT2D eigenvalue weighted by atomic mass is 32.1. The summed E-state index contributed by atoms with van der Waals surface area (Å²) in [6, 6.07) is 12.0. The third-order valence-corrected chi connectivity index (χ3v) is 4.92. The van der Waals surface area contributed by atoms with Crippen molar-refractivity contribution in [3.05, 3.63) is 52.3 Å². The summed E-state index contributed by atoms with van der Waals surface area (Å²) in [6.07, 6.45) is 0. The van der Waals surface area contributed by atoms with Gasteiger partial charge in [0.1, 0.15) is 0 Å². The zero-order valence-corrected chi connectivity index (χ0v) is 18.2. The molecule has 3 rings (SSSR count). The summed E-state index contributed by atoms with van der Waals surface area (Å²) in [5.41, 5.74) is 3.19. The van der Waals surface area contributed by atoms with E-state index >= 15 is 0 Å². The lowest BCUT2D eigenvalue weighted by Crippen LogP contribution is -2.23. The number of hydrogen-bond acceptors (Lipinski definition) is 6. The minimum atomic E-state index is 0.506. The van der Waals surface area contributed by atoms with Crippen molar-refractivity contribution in [3.63, 3.8) is 0 Å². The number of nitrogens with one attached hydrogen (secondary N) is 1. The molecular weight excluding hydrogens is 388 g/mol. The van der Waals surface area contributed by atoms with E-state index in [0.29, 0.717) is 35.2 Å². The molecule has 0 atom stereocenters. The van der Waals surface area contributed by atoms with Crippen molar-refractivity contribution in [2.45, 2.75) is 20.1 Å². The smallest absolute Gasteiger partial charge is 0.217 e. The zero-order valence-electron chi connectivity index (χ0n) is 17.4. The van der Waals surface area contributed by atoms with E-state index in [1.54, 1.807) is 21.3 Å². The van der Waals surface area contributed by atoms with E-state index in [1.807, 2.05) is 36.0 Å². The van der Waals surface area contributed by atoms with Crippen molar-refractivity contribution in [1.29, 1.82) is 0 Å². The van der Waals surface area contributed by atoms with Gasteiger partial charge in [0.05, 0.1) is 28.0 Å². The number of aromatic amines is 1. The van der Waals surface area contributed by atoms with E-state index in [4.69, 9.17) is 26.4 Å². The molecule has 0 saturated heterocycles. The predicted molar refractivity (Wildman–Crippen MR) is 115 cm³/mol. The van der Waals surface area contributed by atoms with Gasteiger partial charge in [-0.1, -0.05) is 35.9 Å². The van der Waals surface area contributed by atoms with Crippen LogP contribution in [0.1, 0.15) is 11.1 Å². The highest BCUT2D eigenvalue weighted by Crippen LogP contribution is 2.40. The van der Waals surface area contributed by atoms with E-state index in [9.17, 15) is 0 Å². The van der Waals surface area contributed by atoms with Crippen LogP contribution in [0.2, 0.25) is 0 Å². The molecule has 1 aromatic heterocycles. The van der Waals surface area contributed by atoms with Gasteiger partial charge in [-0.15, -0.1) is 0 Å². The molecule has 8 heteroatoms. The summed E-state index contributed by atoms with van der Waals surface area (Å²) in [4.78, 5) is 6.60. The Labute approximate surface area is 175 Å². The molecule has 1 heterocycles. The molecule has 29 heavy (non-hydrogen) atoms. The standard InChI is InChI=1S/C21H26N4O3S/c1-14-6-8-15(9-7-14)20-22-21(29)25(23-20)13-24(2)12-16-10-11-17(26-3)19(28-5)18(16)27-4/h6-11H,12-13H2,1-5H3,(H,22,23,29). The van der Waals surface area contributed by atoms with Crippen LogP contribution in [0.25, 0.3) is 11.4 Å². The first-order valence-electron chi connectivity index (χ1n) is 9.17. The number of aromatic nitrogens is 3. The fraction of sp³-hybridized carbons (Fsp3) is 0.333. The summed E-state index contributed by atoms with van der Waals surface area (Å²) in [5, 5.41) is 3.29. The van der Waals surface area contributed by atoms with Gasteiger partial charge >= 0.3 is 0 Å². The van der Waals surface area contributed by atoms with Crippen molar-refractivity contribution in [1.82, 2.24) is 19.7 Å². The van der Waals surface area contributed by atoms with Crippen LogP contribution in [0.3, 0.4) is 0 Å². The number of nitrogens with zero attached hydrogens (tertiary/aromatic N) is 3. The van der Waals surface area contributed by atoms with Crippen LogP contribution in [0, 0.1) is 11.7 Å². The lowest BCUT2D eigenvalue weighted by atomic mass is 10.1. The molecule has 0 saturated carbocycles. The quantitative estimate of drug-likeness (QED) is 0.562. The molecule has 0 radical (unpaired) electrons. The van der Waals surface area contributed by atoms with Gasteiger partial charge in [0.15, 0.2) is 17.3 Å². The second kappa shape index (κ2) is 9.11. The number of aryl methyl sites for hydroxylation is 1. The molecule has 0 aliphatic heterocycles. The van der Waals surface area contributed by atoms with Crippen LogP contribution in [0.4, 0.5) is 0 Å². The van der Waals surface area contributed by atoms with Crippen LogP contribution < -0.4 is 14.2 Å². The molecule has 7 nitrogen and oxygen atoms in total. The Bertz CT molecular complexity index is 1030. The van der Waals surface area contributed by atoms with Gasteiger partial charge in [-0.2, -0.15) is 4.98 Å². The molecule has 3 aromatic rings. The van der Waals surface area contributed by atoms with Crippen molar-refractivity contribution in [3.8, 4) is 28.6 Å². The summed E-state index contributed by atoms with van der Waals surface area (Å²) in [5.74, 6) is 2.63. The maximum Gasteiger partial charge on any atom is 0.217 e. The lowest BCUT2D eigenvalue weighted by Gasteiger charge is -2.20.